The zero-order valence-corrected chi connectivity index (χ0v) is 7.75. The molecule has 1 aromatic rings. The molecule has 3 nitrogen and oxygen atoms in total. The average molecular weight is 195 g/mol. The Hall–Kier alpha value is -1.45. The lowest BCUT2D eigenvalue weighted by molar-refractivity contribution is 0.0689. The van der Waals surface area contributed by atoms with Crippen LogP contribution in [-0.4, -0.2) is 16.1 Å². The molecule has 0 radical (unpaired) electrons. The van der Waals surface area contributed by atoms with Crippen LogP contribution in [0.2, 0.25) is 0 Å². The lowest BCUT2D eigenvalue weighted by Gasteiger charge is -2.08. The Balaban J connectivity index is 2.41. The van der Waals surface area contributed by atoms with E-state index in [9.17, 15) is 9.18 Å². The Morgan fingerprint density at radius 2 is 2.21 bits per heavy atom. The summed E-state index contributed by atoms with van der Waals surface area (Å²) in [6, 6.07) is 2.88. The number of hydrogen-bond acceptors (Lipinski definition) is 2. The zero-order valence-electron chi connectivity index (χ0n) is 7.75. The molecule has 0 atom stereocenters. The van der Waals surface area contributed by atoms with Gasteiger partial charge in [0.1, 0.15) is 0 Å². The second-order valence-corrected chi connectivity index (χ2v) is 3.90. The smallest absolute Gasteiger partial charge is 0.354 e. The van der Waals surface area contributed by atoms with Crippen LogP contribution in [0.1, 0.15) is 35.8 Å². The molecule has 2 rings (SSSR count). The number of nitrogens with zero attached hydrogens (tertiary/aromatic N) is 1. The highest BCUT2D eigenvalue weighted by atomic mass is 19.1. The highest BCUT2D eigenvalue weighted by molar-refractivity contribution is 5.85. The van der Waals surface area contributed by atoms with Gasteiger partial charge in [0.25, 0.3) is 0 Å². The van der Waals surface area contributed by atoms with Crippen LogP contribution in [0.15, 0.2) is 12.1 Å². The molecular weight excluding hydrogens is 185 g/mol. The predicted molar refractivity (Wildman–Crippen MR) is 47.7 cm³/mol. The number of hydrogen-bond donors (Lipinski definition) is 1. The van der Waals surface area contributed by atoms with Gasteiger partial charge in [0, 0.05) is 5.56 Å². The molecule has 14 heavy (non-hydrogen) atoms. The number of halogens is 1. The van der Waals surface area contributed by atoms with Gasteiger partial charge in [-0.05, 0) is 24.3 Å². The maximum atomic E-state index is 13.4. The van der Waals surface area contributed by atoms with Crippen molar-refractivity contribution in [1.82, 2.24) is 4.98 Å². The molecule has 0 saturated heterocycles. The maximum Gasteiger partial charge on any atom is 0.354 e. The van der Waals surface area contributed by atoms with E-state index in [1.165, 1.54) is 12.1 Å². The van der Waals surface area contributed by atoms with Gasteiger partial charge in [-0.25, -0.2) is 9.78 Å². The van der Waals surface area contributed by atoms with Crippen molar-refractivity contribution in [3.05, 3.63) is 29.3 Å². The minimum absolute atomic E-state index is 0.117. The summed E-state index contributed by atoms with van der Waals surface area (Å²) in [6.07, 6.45) is 1.88. The third kappa shape index (κ3) is 1.36. The molecule has 4 heteroatoms. The fourth-order valence-electron chi connectivity index (χ4n) is 1.46. The minimum atomic E-state index is -1.20. The summed E-state index contributed by atoms with van der Waals surface area (Å²) in [5, 5.41) is 8.59. The van der Waals surface area contributed by atoms with Gasteiger partial charge in [-0.1, -0.05) is 13.0 Å². The highest BCUT2D eigenvalue weighted by Crippen LogP contribution is 2.48. The van der Waals surface area contributed by atoms with Gasteiger partial charge < -0.3 is 5.11 Å². The molecule has 1 N–H and O–H groups in total. The molecule has 1 aliphatic rings. The molecule has 0 spiro atoms. The standard InChI is InChI=1S/C10H10FNO2/c1-10(4-5-10)6-2-3-7(9(13)14)12-8(6)11/h2-3H,4-5H2,1H3,(H,13,14). The molecule has 74 valence electrons. The van der Waals surface area contributed by atoms with Gasteiger partial charge in [0.15, 0.2) is 5.69 Å². The van der Waals surface area contributed by atoms with E-state index in [1.807, 2.05) is 6.92 Å². The first-order chi connectivity index (χ1) is 6.53. The maximum absolute atomic E-state index is 13.4. The fraction of sp³-hybridized carbons (Fsp3) is 0.400. The van der Waals surface area contributed by atoms with Gasteiger partial charge in [0.05, 0.1) is 0 Å². The van der Waals surface area contributed by atoms with E-state index in [1.54, 1.807) is 0 Å². The van der Waals surface area contributed by atoms with E-state index in [0.717, 1.165) is 12.8 Å². The molecule has 0 amide bonds. The van der Waals surface area contributed by atoms with Crippen molar-refractivity contribution in [3.63, 3.8) is 0 Å². The quantitative estimate of drug-likeness (QED) is 0.734. The molecule has 0 aromatic carbocycles. The molecule has 0 unspecified atom stereocenters. The number of aromatic carboxylic acids is 1. The van der Waals surface area contributed by atoms with Crippen molar-refractivity contribution in [2.24, 2.45) is 0 Å². The molecule has 1 aliphatic carbocycles. The van der Waals surface area contributed by atoms with Crippen molar-refractivity contribution in [2.75, 3.05) is 0 Å². The van der Waals surface area contributed by atoms with Crippen LogP contribution in [0.3, 0.4) is 0 Å². The third-order valence-electron chi connectivity index (χ3n) is 2.72. The summed E-state index contributed by atoms with van der Waals surface area (Å²) in [6.45, 7) is 1.95. The lowest BCUT2D eigenvalue weighted by Crippen LogP contribution is -2.09. The number of rotatable bonds is 2. The molecule has 0 aliphatic heterocycles. The molecule has 1 saturated carbocycles. The Morgan fingerprint density at radius 1 is 1.57 bits per heavy atom. The van der Waals surface area contributed by atoms with E-state index in [4.69, 9.17) is 5.11 Å². The third-order valence-corrected chi connectivity index (χ3v) is 2.72. The Labute approximate surface area is 80.6 Å². The largest absolute Gasteiger partial charge is 0.477 e. The summed E-state index contributed by atoms with van der Waals surface area (Å²) >= 11 is 0. The Kier molecular flexibility index (Phi) is 1.80. The van der Waals surface area contributed by atoms with Crippen LogP contribution in [0.25, 0.3) is 0 Å². The van der Waals surface area contributed by atoms with Crippen molar-refractivity contribution in [3.8, 4) is 0 Å². The van der Waals surface area contributed by atoms with Crippen molar-refractivity contribution in [1.29, 1.82) is 0 Å². The average Bonchev–Trinajstić information content (AvgIpc) is 2.84. The number of pyridine rings is 1. The van der Waals surface area contributed by atoms with Crippen LogP contribution in [-0.2, 0) is 5.41 Å². The van der Waals surface area contributed by atoms with Crippen molar-refractivity contribution < 1.29 is 14.3 Å². The molecule has 1 aromatic heterocycles. The van der Waals surface area contributed by atoms with Gasteiger partial charge in [-0.15, -0.1) is 0 Å². The van der Waals surface area contributed by atoms with Crippen molar-refractivity contribution in [2.45, 2.75) is 25.2 Å². The molecular formula is C10H10FNO2. The first-order valence-electron chi connectivity index (χ1n) is 4.43. The summed E-state index contributed by atoms with van der Waals surface area (Å²) < 4.78 is 13.4. The van der Waals surface area contributed by atoms with Crippen molar-refractivity contribution >= 4 is 5.97 Å². The monoisotopic (exact) mass is 195 g/mol. The lowest BCUT2D eigenvalue weighted by atomic mass is 10.00. The zero-order chi connectivity index (χ0) is 10.3. The summed E-state index contributed by atoms with van der Waals surface area (Å²) in [4.78, 5) is 13.9. The first-order valence-corrected chi connectivity index (χ1v) is 4.43. The summed E-state index contributed by atoms with van der Waals surface area (Å²) in [5.41, 5.74) is 0.173. The Bertz CT molecular complexity index is 399. The normalized spacial score (nSPS) is 17.9. The van der Waals surface area contributed by atoms with Gasteiger partial charge in [-0.3, -0.25) is 0 Å². The number of carboxylic acids is 1. The van der Waals surface area contributed by atoms with Crippen LogP contribution in [0.5, 0.6) is 0 Å². The van der Waals surface area contributed by atoms with Crippen LogP contribution < -0.4 is 0 Å². The summed E-state index contributed by atoms with van der Waals surface area (Å²) in [7, 11) is 0. The van der Waals surface area contributed by atoms with E-state index >= 15 is 0 Å². The van der Waals surface area contributed by atoms with Crippen LogP contribution >= 0.6 is 0 Å². The minimum Gasteiger partial charge on any atom is -0.477 e. The fourth-order valence-corrected chi connectivity index (χ4v) is 1.46. The summed E-state index contributed by atoms with van der Waals surface area (Å²) in [5.74, 6) is -1.85. The van der Waals surface area contributed by atoms with Gasteiger partial charge in [0.2, 0.25) is 5.95 Å². The number of carboxylic acid groups (broad SMARTS) is 1. The Morgan fingerprint density at radius 3 is 2.64 bits per heavy atom. The van der Waals surface area contributed by atoms with E-state index in [-0.39, 0.29) is 11.1 Å². The van der Waals surface area contributed by atoms with Gasteiger partial charge in [-0.2, -0.15) is 4.39 Å². The number of aromatic nitrogens is 1. The van der Waals surface area contributed by atoms with Crippen LogP contribution in [0.4, 0.5) is 4.39 Å². The second kappa shape index (κ2) is 2.77. The first kappa shape index (κ1) is 9.12. The predicted octanol–water partition coefficient (Wildman–Crippen LogP) is 1.97. The SMILES string of the molecule is CC1(c2ccc(C(=O)O)nc2F)CC1. The molecule has 1 fully saturated rings. The molecule has 1 heterocycles. The second-order valence-electron chi connectivity index (χ2n) is 3.90. The van der Waals surface area contributed by atoms with Gasteiger partial charge >= 0.3 is 5.97 Å². The molecule has 0 bridgehead atoms. The number of carbonyl (C=O) groups is 1. The highest BCUT2D eigenvalue weighted by Gasteiger charge is 2.41. The topological polar surface area (TPSA) is 50.2 Å². The van der Waals surface area contributed by atoms with Crippen LogP contribution in [0, 0.1) is 5.95 Å². The van der Waals surface area contributed by atoms with E-state index < -0.39 is 11.9 Å². The van der Waals surface area contributed by atoms with E-state index in [0.29, 0.717) is 5.56 Å². The van der Waals surface area contributed by atoms with E-state index in [2.05, 4.69) is 4.98 Å².